The molecule has 0 radical (unpaired) electrons. The van der Waals surface area contributed by atoms with Gasteiger partial charge in [0, 0.05) is 7.11 Å². The zero-order valence-corrected chi connectivity index (χ0v) is 10.4. The van der Waals surface area contributed by atoms with E-state index in [9.17, 15) is 0 Å². The average molecular weight is 218 g/mol. The van der Waals surface area contributed by atoms with Crippen molar-refractivity contribution in [1.82, 2.24) is 0 Å². The molecule has 0 bridgehead atoms. The van der Waals surface area contributed by atoms with Crippen molar-refractivity contribution in [3.63, 3.8) is 0 Å². The molecule has 0 saturated heterocycles. The fourth-order valence-electron chi connectivity index (χ4n) is 2.83. The van der Waals surface area contributed by atoms with Crippen molar-refractivity contribution in [2.75, 3.05) is 7.11 Å². The minimum Gasteiger partial charge on any atom is -0.377 e. The summed E-state index contributed by atoms with van der Waals surface area (Å²) in [4.78, 5) is 0. The van der Waals surface area contributed by atoms with Gasteiger partial charge in [0.2, 0.25) is 0 Å². The van der Waals surface area contributed by atoms with Gasteiger partial charge in [0.15, 0.2) is 0 Å². The number of hydrogen-bond donors (Lipinski definition) is 0. The molecule has 2 rings (SSSR count). The van der Waals surface area contributed by atoms with Gasteiger partial charge in [-0.25, -0.2) is 0 Å². The molecule has 0 saturated carbocycles. The lowest BCUT2D eigenvalue weighted by Gasteiger charge is -2.10. The Morgan fingerprint density at radius 2 is 1.94 bits per heavy atom. The van der Waals surface area contributed by atoms with Gasteiger partial charge in [-0.2, -0.15) is 0 Å². The van der Waals surface area contributed by atoms with E-state index < -0.39 is 0 Å². The molecule has 2 atom stereocenters. The molecule has 2 unspecified atom stereocenters. The van der Waals surface area contributed by atoms with E-state index in [-0.39, 0.29) is 0 Å². The third kappa shape index (κ3) is 2.30. The Hall–Kier alpha value is -0.820. The first-order valence-corrected chi connectivity index (χ1v) is 6.48. The zero-order chi connectivity index (χ0) is 11.4. The highest BCUT2D eigenvalue weighted by molar-refractivity contribution is 5.37. The summed E-state index contributed by atoms with van der Waals surface area (Å²) in [6.45, 7) is 2.26. The quantitative estimate of drug-likeness (QED) is 0.664. The summed E-state index contributed by atoms with van der Waals surface area (Å²) in [5, 5.41) is 0. The van der Waals surface area contributed by atoms with Crippen molar-refractivity contribution in [3.05, 3.63) is 35.4 Å². The van der Waals surface area contributed by atoms with E-state index in [0.29, 0.717) is 6.10 Å². The fourth-order valence-corrected chi connectivity index (χ4v) is 2.83. The molecule has 1 aromatic rings. The summed E-state index contributed by atoms with van der Waals surface area (Å²) in [7, 11) is 1.83. The van der Waals surface area contributed by atoms with Gasteiger partial charge >= 0.3 is 0 Å². The molecular weight excluding hydrogens is 196 g/mol. The highest BCUT2D eigenvalue weighted by Gasteiger charge is 2.29. The van der Waals surface area contributed by atoms with Crippen molar-refractivity contribution < 1.29 is 4.74 Å². The van der Waals surface area contributed by atoms with Gasteiger partial charge in [0.25, 0.3) is 0 Å². The number of methoxy groups -OCH3 is 1. The topological polar surface area (TPSA) is 9.23 Å². The summed E-state index contributed by atoms with van der Waals surface area (Å²) >= 11 is 0. The molecule has 1 nitrogen and oxygen atoms in total. The molecule has 0 N–H and O–H groups in total. The maximum atomic E-state index is 5.57. The predicted octanol–water partition coefficient (Wildman–Crippen LogP) is 4.44. The summed E-state index contributed by atoms with van der Waals surface area (Å²) in [6.07, 6.45) is 6.86. The fraction of sp³-hybridized carbons (Fsp3) is 0.600. The van der Waals surface area contributed by atoms with Crippen LogP contribution in [-0.4, -0.2) is 7.11 Å². The number of benzene rings is 1. The molecule has 16 heavy (non-hydrogen) atoms. The lowest BCUT2D eigenvalue weighted by Crippen LogP contribution is -1.96. The van der Waals surface area contributed by atoms with Gasteiger partial charge < -0.3 is 4.74 Å². The minimum atomic E-state index is 0.336. The number of ether oxygens (including phenoxy) is 1. The Bertz CT molecular complexity index is 332. The summed E-state index contributed by atoms with van der Waals surface area (Å²) in [6, 6.07) is 8.79. The highest BCUT2D eigenvalue weighted by atomic mass is 16.5. The van der Waals surface area contributed by atoms with Crippen molar-refractivity contribution in [1.29, 1.82) is 0 Å². The Kier molecular flexibility index (Phi) is 4.00. The highest BCUT2D eigenvalue weighted by Crippen LogP contribution is 2.44. The van der Waals surface area contributed by atoms with E-state index in [2.05, 4.69) is 31.2 Å². The van der Waals surface area contributed by atoms with Gasteiger partial charge in [0.05, 0.1) is 6.10 Å². The van der Waals surface area contributed by atoms with Gasteiger partial charge in [0.1, 0.15) is 0 Å². The molecule has 1 aliphatic rings. The molecule has 1 heteroatoms. The van der Waals surface area contributed by atoms with Crippen LogP contribution >= 0.6 is 0 Å². The maximum absolute atomic E-state index is 5.57. The average Bonchev–Trinajstić information content (AvgIpc) is 2.68. The Morgan fingerprint density at radius 3 is 2.62 bits per heavy atom. The smallest absolute Gasteiger partial charge is 0.0829 e. The molecule has 0 amide bonds. The number of unbranched alkanes of at least 4 members (excludes halogenated alkanes) is 2. The third-order valence-corrected chi connectivity index (χ3v) is 3.72. The van der Waals surface area contributed by atoms with E-state index in [1.54, 1.807) is 0 Å². The van der Waals surface area contributed by atoms with Gasteiger partial charge in [-0.3, -0.25) is 0 Å². The molecule has 1 aliphatic carbocycles. The second kappa shape index (κ2) is 5.49. The van der Waals surface area contributed by atoms with Crippen LogP contribution in [0.3, 0.4) is 0 Å². The number of rotatable bonds is 5. The molecular formula is C15H22O. The minimum absolute atomic E-state index is 0.336. The standard InChI is InChI=1S/C15H22O/c1-3-4-5-8-12-11-15(16-2)14-10-7-6-9-13(12)14/h6-7,9-10,12,15H,3-5,8,11H2,1-2H3. The van der Waals surface area contributed by atoms with Gasteiger partial charge in [-0.05, 0) is 29.9 Å². The van der Waals surface area contributed by atoms with Crippen LogP contribution in [0.1, 0.15) is 62.2 Å². The number of hydrogen-bond acceptors (Lipinski definition) is 1. The van der Waals surface area contributed by atoms with E-state index in [1.807, 2.05) is 7.11 Å². The van der Waals surface area contributed by atoms with Crippen molar-refractivity contribution in [3.8, 4) is 0 Å². The van der Waals surface area contributed by atoms with Crippen LogP contribution in [-0.2, 0) is 4.74 Å². The molecule has 0 spiro atoms. The summed E-state index contributed by atoms with van der Waals surface area (Å²) in [5.41, 5.74) is 2.96. The summed E-state index contributed by atoms with van der Waals surface area (Å²) < 4.78 is 5.57. The first-order valence-electron chi connectivity index (χ1n) is 6.48. The molecule has 0 aliphatic heterocycles. The van der Waals surface area contributed by atoms with Crippen molar-refractivity contribution in [2.45, 2.75) is 51.0 Å². The second-order valence-corrected chi connectivity index (χ2v) is 4.78. The Labute approximate surface area is 98.8 Å². The first kappa shape index (κ1) is 11.7. The number of fused-ring (bicyclic) bond motifs is 1. The van der Waals surface area contributed by atoms with Crippen LogP contribution in [0.5, 0.6) is 0 Å². The van der Waals surface area contributed by atoms with E-state index in [1.165, 1.54) is 43.2 Å². The maximum Gasteiger partial charge on any atom is 0.0829 e. The van der Waals surface area contributed by atoms with Crippen LogP contribution in [0.25, 0.3) is 0 Å². The lowest BCUT2D eigenvalue weighted by atomic mass is 9.95. The largest absolute Gasteiger partial charge is 0.377 e. The van der Waals surface area contributed by atoms with Crippen LogP contribution in [0.2, 0.25) is 0 Å². The van der Waals surface area contributed by atoms with Crippen LogP contribution in [0.15, 0.2) is 24.3 Å². The molecule has 88 valence electrons. The lowest BCUT2D eigenvalue weighted by molar-refractivity contribution is 0.0995. The van der Waals surface area contributed by atoms with Gasteiger partial charge in [-0.1, -0.05) is 50.5 Å². The van der Waals surface area contributed by atoms with E-state index in [0.717, 1.165) is 5.92 Å². The van der Waals surface area contributed by atoms with Crippen LogP contribution < -0.4 is 0 Å². The zero-order valence-electron chi connectivity index (χ0n) is 10.4. The second-order valence-electron chi connectivity index (χ2n) is 4.78. The Balaban J connectivity index is 2.07. The molecule has 1 aromatic carbocycles. The van der Waals surface area contributed by atoms with Crippen LogP contribution in [0, 0.1) is 0 Å². The van der Waals surface area contributed by atoms with Crippen molar-refractivity contribution in [2.24, 2.45) is 0 Å². The molecule has 0 heterocycles. The summed E-state index contributed by atoms with van der Waals surface area (Å²) in [5.74, 6) is 0.729. The first-order chi connectivity index (χ1) is 7.86. The molecule has 0 fully saturated rings. The van der Waals surface area contributed by atoms with Crippen LogP contribution in [0.4, 0.5) is 0 Å². The SMILES string of the molecule is CCCCCC1CC(OC)c2ccccc21. The van der Waals surface area contributed by atoms with E-state index >= 15 is 0 Å². The predicted molar refractivity (Wildman–Crippen MR) is 67.7 cm³/mol. The van der Waals surface area contributed by atoms with E-state index in [4.69, 9.17) is 4.74 Å². The monoisotopic (exact) mass is 218 g/mol. The normalized spacial score (nSPS) is 23.4. The molecule has 0 aromatic heterocycles. The van der Waals surface area contributed by atoms with Gasteiger partial charge in [-0.15, -0.1) is 0 Å². The Morgan fingerprint density at radius 1 is 1.19 bits per heavy atom. The van der Waals surface area contributed by atoms with Crippen molar-refractivity contribution >= 4 is 0 Å². The third-order valence-electron chi connectivity index (χ3n) is 3.72.